The maximum Gasteiger partial charge on any atom is 0.340 e. The maximum atomic E-state index is 13.2. The second-order valence-electron chi connectivity index (χ2n) is 7.89. The number of aliphatic hydroxyl groups excluding tert-OH is 1. The highest BCUT2D eigenvalue weighted by molar-refractivity contribution is 6.04. The summed E-state index contributed by atoms with van der Waals surface area (Å²) in [5.74, 6) is -0.0747. The summed E-state index contributed by atoms with van der Waals surface area (Å²) in [7, 11) is 0. The number of hydrogen-bond donors (Lipinski definition) is 2. The van der Waals surface area contributed by atoms with Gasteiger partial charge in [0.15, 0.2) is 0 Å². The van der Waals surface area contributed by atoms with Gasteiger partial charge >= 0.3 is 5.97 Å². The molecule has 4 unspecified atom stereocenters. The summed E-state index contributed by atoms with van der Waals surface area (Å²) >= 11 is 0. The van der Waals surface area contributed by atoms with E-state index < -0.39 is 6.10 Å². The molecular formula is C19H22N2O4. The van der Waals surface area contributed by atoms with Crippen molar-refractivity contribution < 1.29 is 19.3 Å². The molecule has 0 radical (unpaired) electrons. The van der Waals surface area contributed by atoms with Crippen LogP contribution in [0.5, 0.6) is 0 Å². The minimum atomic E-state index is -0.463. The monoisotopic (exact) mass is 342 g/mol. The summed E-state index contributed by atoms with van der Waals surface area (Å²) in [6.45, 7) is 0.309. The van der Waals surface area contributed by atoms with E-state index in [9.17, 15) is 15.1 Å². The number of carbonyl (C=O) groups excluding carboxylic acids is 1. The Morgan fingerprint density at radius 2 is 1.92 bits per heavy atom. The Morgan fingerprint density at radius 1 is 1.20 bits per heavy atom. The first-order valence-corrected chi connectivity index (χ1v) is 9.08. The number of hydroxylamine groups is 3. The van der Waals surface area contributed by atoms with Gasteiger partial charge in [-0.15, -0.1) is 0 Å². The third-order valence-electron chi connectivity index (χ3n) is 6.56. The van der Waals surface area contributed by atoms with E-state index in [1.807, 2.05) is 24.3 Å². The Morgan fingerprint density at radius 3 is 2.68 bits per heavy atom. The van der Waals surface area contributed by atoms with Gasteiger partial charge in [0.2, 0.25) is 0 Å². The molecule has 25 heavy (non-hydrogen) atoms. The van der Waals surface area contributed by atoms with Crippen LogP contribution in [0.4, 0.5) is 0 Å². The quantitative estimate of drug-likeness (QED) is 0.498. The number of carbonyl (C=O) groups is 1. The number of H-pyrrole nitrogens is 1. The molecule has 0 saturated carbocycles. The van der Waals surface area contributed by atoms with Gasteiger partial charge in [-0.2, -0.15) is 0 Å². The molecule has 2 N–H and O–H groups in total. The average Bonchev–Trinajstić information content (AvgIpc) is 2.99. The van der Waals surface area contributed by atoms with Crippen LogP contribution >= 0.6 is 0 Å². The molecule has 6 nitrogen and oxygen atoms in total. The van der Waals surface area contributed by atoms with Gasteiger partial charge in [0.1, 0.15) is 18.8 Å². The molecule has 6 rings (SSSR count). The number of hydrogen-bond acceptors (Lipinski definition) is 4. The molecule has 6 atom stereocenters. The van der Waals surface area contributed by atoms with Crippen molar-refractivity contribution in [3.05, 3.63) is 41.2 Å². The molecule has 5 heterocycles. The summed E-state index contributed by atoms with van der Waals surface area (Å²) < 4.78 is 5.51. The van der Waals surface area contributed by atoms with Crippen LogP contribution in [0.2, 0.25) is 0 Å². The number of nitrogens with zero attached hydrogens (tertiary/aromatic N) is 1. The third kappa shape index (κ3) is 2.25. The Balaban J connectivity index is 1.34. The van der Waals surface area contributed by atoms with Crippen LogP contribution in [0.25, 0.3) is 10.9 Å². The Labute approximate surface area is 145 Å². The zero-order valence-electron chi connectivity index (χ0n) is 13.9. The van der Waals surface area contributed by atoms with Crippen molar-refractivity contribution in [3.8, 4) is 0 Å². The smallest absolute Gasteiger partial charge is 0.340 e. The molecule has 4 aliphatic rings. The molecule has 0 aliphatic carbocycles. The SMILES string of the molecule is O=C(OC1CC2CC3C[C@H](C1)[N+]2([O-])C[C@H]3O)c1c[nH]c2ccccc12. The van der Waals surface area contributed by atoms with Gasteiger partial charge in [0.05, 0.1) is 17.6 Å². The molecule has 0 amide bonds. The van der Waals surface area contributed by atoms with Gasteiger partial charge in [-0.25, -0.2) is 4.79 Å². The lowest BCUT2D eigenvalue weighted by atomic mass is 9.70. The number of quaternary nitrogens is 1. The first-order valence-electron chi connectivity index (χ1n) is 9.08. The molecule has 6 heteroatoms. The maximum absolute atomic E-state index is 13.2. The lowest BCUT2D eigenvalue weighted by Gasteiger charge is -2.66. The van der Waals surface area contributed by atoms with Crippen molar-refractivity contribution in [1.29, 1.82) is 0 Å². The molecule has 132 valence electrons. The number of piperidine rings is 4. The van der Waals surface area contributed by atoms with Gasteiger partial charge in [-0.1, -0.05) is 18.2 Å². The van der Waals surface area contributed by atoms with Crippen molar-refractivity contribution in [2.45, 2.75) is 50.0 Å². The molecule has 1 aromatic carbocycles. The number of esters is 1. The number of nitrogens with one attached hydrogen (secondary N) is 1. The van der Waals surface area contributed by atoms with Crippen LogP contribution < -0.4 is 0 Å². The van der Waals surface area contributed by atoms with E-state index in [1.165, 1.54) is 0 Å². The fraction of sp³-hybridized carbons (Fsp3) is 0.526. The van der Waals surface area contributed by atoms with Crippen LogP contribution in [-0.4, -0.2) is 51.5 Å². The Hall–Kier alpha value is -1.89. The number of fused-ring (bicyclic) bond motifs is 2. The number of aromatic amines is 1. The predicted octanol–water partition coefficient (Wildman–Crippen LogP) is 2.32. The highest BCUT2D eigenvalue weighted by atomic mass is 16.6. The zero-order valence-corrected chi connectivity index (χ0v) is 13.9. The molecule has 1 aromatic heterocycles. The highest BCUT2D eigenvalue weighted by Crippen LogP contribution is 2.48. The zero-order chi connectivity index (χ0) is 17.2. The topological polar surface area (TPSA) is 85.4 Å². The number of rotatable bonds is 2. The Kier molecular flexibility index (Phi) is 3.26. The van der Waals surface area contributed by atoms with Crippen LogP contribution in [-0.2, 0) is 4.74 Å². The molecule has 4 bridgehead atoms. The van der Waals surface area contributed by atoms with Crippen LogP contribution in [0.3, 0.4) is 0 Å². The summed E-state index contributed by atoms with van der Waals surface area (Å²) in [5, 5.41) is 24.1. The fourth-order valence-electron chi connectivity index (χ4n) is 5.31. The normalized spacial score (nSPS) is 39.5. The van der Waals surface area contributed by atoms with E-state index in [1.54, 1.807) is 6.20 Å². The summed E-state index contributed by atoms with van der Waals surface area (Å²) in [5.41, 5.74) is 1.46. The number of benzene rings is 1. The first-order chi connectivity index (χ1) is 12.0. The van der Waals surface area contributed by atoms with Crippen LogP contribution in [0.15, 0.2) is 30.5 Å². The minimum Gasteiger partial charge on any atom is -0.632 e. The molecule has 4 fully saturated rings. The predicted molar refractivity (Wildman–Crippen MR) is 91.5 cm³/mol. The number of aliphatic hydroxyl groups is 1. The summed E-state index contributed by atoms with van der Waals surface area (Å²) in [6, 6.07) is 7.58. The van der Waals surface area contributed by atoms with Crippen molar-refractivity contribution in [2.24, 2.45) is 5.92 Å². The van der Waals surface area contributed by atoms with Crippen molar-refractivity contribution in [2.75, 3.05) is 6.54 Å². The van der Waals surface area contributed by atoms with Crippen molar-refractivity contribution in [1.82, 2.24) is 4.98 Å². The van der Waals surface area contributed by atoms with E-state index in [2.05, 4.69) is 4.98 Å². The van der Waals surface area contributed by atoms with E-state index in [0.717, 1.165) is 23.7 Å². The Bertz CT molecular complexity index is 816. The average molecular weight is 342 g/mol. The number of para-hydroxylation sites is 1. The number of ether oxygens (including phenoxy) is 1. The van der Waals surface area contributed by atoms with Crippen LogP contribution in [0, 0.1) is 11.1 Å². The summed E-state index contributed by atoms with van der Waals surface area (Å²) in [4.78, 5) is 15.7. The second-order valence-corrected chi connectivity index (χ2v) is 7.89. The summed E-state index contributed by atoms with van der Waals surface area (Å²) in [6.07, 6.45) is 3.75. The molecule has 2 aromatic rings. The lowest BCUT2D eigenvalue weighted by molar-refractivity contribution is -0.955. The number of aromatic nitrogens is 1. The minimum absolute atomic E-state index is 0.0401. The van der Waals surface area contributed by atoms with E-state index in [4.69, 9.17) is 4.74 Å². The molecule has 4 aliphatic heterocycles. The van der Waals surface area contributed by atoms with Gasteiger partial charge in [-0.05, 0) is 6.07 Å². The standard InChI is InChI=1S/C19H22N2O4/c22-18-10-21(24)12-5-11(18)6-13(21)8-14(7-12)25-19(23)16-9-20-17-4-2-1-3-15(16)17/h1-4,9,11-14,18,20,22H,5-8,10H2/t11?,12-,13?,14?,18-,21?/m1/s1. The van der Waals surface area contributed by atoms with Gasteiger partial charge in [-0.3, -0.25) is 0 Å². The van der Waals surface area contributed by atoms with Gasteiger partial charge < -0.3 is 24.7 Å². The van der Waals surface area contributed by atoms with Gasteiger partial charge in [0, 0.05) is 48.7 Å². The second kappa shape index (κ2) is 5.30. The fourth-order valence-corrected chi connectivity index (χ4v) is 5.31. The third-order valence-corrected chi connectivity index (χ3v) is 6.56. The van der Waals surface area contributed by atoms with Crippen molar-refractivity contribution in [3.63, 3.8) is 0 Å². The van der Waals surface area contributed by atoms with Crippen molar-refractivity contribution >= 4 is 16.9 Å². The lowest BCUT2D eigenvalue weighted by Crippen LogP contribution is -2.73. The van der Waals surface area contributed by atoms with E-state index in [-0.39, 0.29) is 34.7 Å². The highest BCUT2D eigenvalue weighted by Gasteiger charge is 2.56. The van der Waals surface area contributed by atoms with E-state index >= 15 is 0 Å². The first kappa shape index (κ1) is 15.4. The largest absolute Gasteiger partial charge is 0.632 e. The molecular weight excluding hydrogens is 320 g/mol. The molecule has 4 saturated heterocycles. The van der Waals surface area contributed by atoms with E-state index in [0.29, 0.717) is 24.9 Å². The molecule has 0 spiro atoms. The van der Waals surface area contributed by atoms with Gasteiger partial charge in [0.25, 0.3) is 0 Å². The van der Waals surface area contributed by atoms with Crippen LogP contribution in [0.1, 0.15) is 36.0 Å².